The van der Waals surface area contributed by atoms with Crippen LogP contribution in [0.2, 0.25) is 0 Å². The third kappa shape index (κ3) is 3.62. The van der Waals surface area contributed by atoms with Gasteiger partial charge in [0.1, 0.15) is 5.82 Å². The Morgan fingerprint density at radius 3 is 2.48 bits per heavy atom. The van der Waals surface area contributed by atoms with Crippen molar-refractivity contribution in [3.63, 3.8) is 0 Å². The average Bonchev–Trinajstić information content (AvgIpc) is 2.47. The highest BCUT2D eigenvalue weighted by Crippen LogP contribution is 2.17. The van der Waals surface area contributed by atoms with Crippen molar-refractivity contribution in [1.29, 1.82) is 0 Å². The van der Waals surface area contributed by atoms with Crippen LogP contribution in [0.25, 0.3) is 0 Å². The molecule has 0 radical (unpaired) electrons. The minimum Gasteiger partial charge on any atom is -0.375 e. The van der Waals surface area contributed by atoms with E-state index in [2.05, 4.69) is 5.32 Å². The predicted molar refractivity (Wildman–Crippen MR) is 76.9 cm³/mol. The standard InChI is InChI=1S/C15H13FN2O3/c1-10(15(19)11-3-2-4-12(16)9-11)17-13-5-7-14(8-6-13)18(20)21/h2-10,17H,1H3. The lowest BCUT2D eigenvalue weighted by atomic mass is 10.1. The molecule has 0 aliphatic rings. The van der Waals surface area contributed by atoms with Gasteiger partial charge in [-0.15, -0.1) is 0 Å². The van der Waals surface area contributed by atoms with Crippen LogP contribution in [0.5, 0.6) is 0 Å². The molecule has 1 unspecified atom stereocenters. The van der Waals surface area contributed by atoms with Crippen LogP contribution in [0, 0.1) is 15.9 Å². The summed E-state index contributed by atoms with van der Waals surface area (Å²) in [5.74, 6) is -0.726. The summed E-state index contributed by atoms with van der Waals surface area (Å²) in [6.45, 7) is 1.65. The quantitative estimate of drug-likeness (QED) is 0.520. The molecule has 0 fully saturated rings. The molecular weight excluding hydrogens is 275 g/mol. The monoisotopic (exact) mass is 288 g/mol. The molecule has 0 saturated heterocycles. The summed E-state index contributed by atoms with van der Waals surface area (Å²) >= 11 is 0. The Kier molecular flexibility index (Phi) is 4.27. The summed E-state index contributed by atoms with van der Waals surface area (Å²) in [7, 11) is 0. The topological polar surface area (TPSA) is 72.2 Å². The van der Waals surface area contributed by atoms with Crippen LogP contribution in [0.4, 0.5) is 15.8 Å². The Morgan fingerprint density at radius 1 is 1.24 bits per heavy atom. The van der Waals surface area contributed by atoms with Gasteiger partial charge in [0, 0.05) is 23.4 Å². The van der Waals surface area contributed by atoms with Gasteiger partial charge in [-0.3, -0.25) is 14.9 Å². The third-order valence-electron chi connectivity index (χ3n) is 2.96. The lowest BCUT2D eigenvalue weighted by molar-refractivity contribution is -0.384. The van der Waals surface area contributed by atoms with Crippen molar-refractivity contribution in [3.8, 4) is 0 Å². The number of Topliss-reactive ketones (excluding diaryl/α,β-unsaturated/α-hetero) is 1. The first-order valence-electron chi connectivity index (χ1n) is 6.28. The number of hydrogen-bond acceptors (Lipinski definition) is 4. The molecule has 0 saturated carbocycles. The van der Waals surface area contributed by atoms with Crippen molar-refractivity contribution >= 4 is 17.2 Å². The Bertz CT molecular complexity index is 671. The smallest absolute Gasteiger partial charge is 0.269 e. The molecule has 6 heteroatoms. The first-order chi connectivity index (χ1) is 9.97. The van der Waals surface area contributed by atoms with Gasteiger partial charge in [-0.1, -0.05) is 12.1 Å². The zero-order valence-electron chi connectivity index (χ0n) is 11.2. The summed E-state index contributed by atoms with van der Waals surface area (Å²) in [5.41, 5.74) is 0.833. The van der Waals surface area contributed by atoms with E-state index in [1.54, 1.807) is 13.0 Å². The molecular formula is C15H13FN2O3. The maximum Gasteiger partial charge on any atom is 0.269 e. The molecule has 0 spiro atoms. The zero-order valence-corrected chi connectivity index (χ0v) is 11.2. The molecule has 1 atom stereocenters. The molecule has 0 bridgehead atoms. The lowest BCUT2D eigenvalue weighted by Gasteiger charge is -2.14. The van der Waals surface area contributed by atoms with Crippen LogP contribution in [0.15, 0.2) is 48.5 Å². The van der Waals surface area contributed by atoms with Crippen molar-refractivity contribution < 1.29 is 14.1 Å². The molecule has 108 valence electrons. The van der Waals surface area contributed by atoms with E-state index in [4.69, 9.17) is 0 Å². The number of anilines is 1. The molecule has 2 aromatic carbocycles. The number of nitro groups is 1. The molecule has 1 N–H and O–H groups in total. The van der Waals surface area contributed by atoms with Crippen LogP contribution in [0.3, 0.4) is 0 Å². The van der Waals surface area contributed by atoms with Gasteiger partial charge in [-0.2, -0.15) is 0 Å². The molecule has 0 amide bonds. The largest absolute Gasteiger partial charge is 0.375 e. The van der Waals surface area contributed by atoms with Gasteiger partial charge < -0.3 is 5.32 Å². The summed E-state index contributed by atoms with van der Waals surface area (Å²) in [6.07, 6.45) is 0. The summed E-state index contributed by atoms with van der Waals surface area (Å²) in [5, 5.41) is 13.5. The first-order valence-corrected chi connectivity index (χ1v) is 6.28. The Balaban J connectivity index is 2.08. The van der Waals surface area contributed by atoms with E-state index < -0.39 is 16.8 Å². The molecule has 2 rings (SSSR count). The SMILES string of the molecule is CC(Nc1ccc([N+](=O)[O-])cc1)C(=O)c1cccc(F)c1. The minimum atomic E-state index is -0.576. The summed E-state index contributed by atoms with van der Waals surface area (Å²) in [6, 6.07) is 10.6. The summed E-state index contributed by atoms with van der Waals surface area (Å²) in [4.78, 5) is 22.2. The highest BCUT2D eigenvalue weighted by atomic mass is 19.1. The van der Waals surface area contributed by atoms with Gasteiger partial charge in [0.2, 0.25) is 0 Å². The van der Waals surface area contributed by atoms with Gasteiger partial charge in [-0.25, -0.2) is 4.39 Å². The summed E-state index contributed by atoms with van der Waals surface area (Å²) < 4.78 is 13.1. The van der Waals surface area contributed by atoms with Crippen LogP contribution in [-0.4, -0.2) is 16.7 Å². The lowest BCUT2D eigenvalue weighted by Crippen LogP contribution is -2.26. The Hall–Kier alpha value is -2.76. The van der Waals surface area contributed by atoms with E-state index in [1.807, 2.05) is 0 Å². The number of nitro benzene ring substituents is 1. The Labute approximate surface area is 120 Å². The number of non-ortho nitro benzene ring substituents is 1. The zero-order chi connectivity index (χ0) is 15.4. The van der Waals surface area contributed by atoms with Crippen LogP contribution in [-0.2, 0) is 0 Å². The van der Waals surface area contributed by atoms with E-state index >= 15 is 0 Å². The third-order valence-corrected chi connectivity index (χ3v) is 2.96. The second-order valence-corrected chi connectivity index (χ2v) is 4.54. The average molecular weight is 288 g/mol. The second-order valence-electron chi connectivity index (χ2n) is 4.54. The van der Waals surface area contributed by atoms with Crippen LogP contribution < -0.4 is 5.32 Å². The molecule has 0 aliphatic carbocycles. The number of carbonyl (C=O) groups excluding carboxylic acids is 1. The van der Waals surface area contributed by atoms with Gasteiger partial charge >= 0.3 is 0 Å². The fourth-order valence-corrected chi connectivity index (χ4v) is 1.89. The number of benzene rings is 2. The number of rotatable bonds is 5. The molecule has 0 aromatic heterocycles. The maximum atomic E-state index is 13.1. The number of hydrogen-bond donors (Lipinski definition) is 1. The molecule has 0 aliphatic heterocycles. The fraction of sp³-hybridized carbons (Fsp3) is 0.133. The number of halogens is 1. The van der Waals surface area contributed by atoms with Crippen molar-refractivity contribution in [2.24, 2.45) is 0 Å². The number of carbonyl (C=O) groups is 1. The number of nitrogens with one attached hydrogen (secondary N) is 1. The molecule has 21 heavy (non-hydrogen) atoms. The Morgan fingerprint density at radius 2 is 1.90 bits per heavy atom. The minimum absolute atomic E-state index is 0.0235. The maximum absolute atomic E-state index is 13.1. The van der Waals surface area contributed by atoms with Gasteiger partial charge in [0.15, 0.2) is 5.78 Å². The predicted octanol–water partition coefficient (Wildman–Crippen LogP) is 3.42. The van der Waals surface area contributed by atoms with E-state index in [9.17, 15) is 19.3 Å². The molecule has 5 nitrogen and oxygen atoms in total. The van der Waals surface area contributed by atoms with E-state index in [-0.39, 0.29) is 17.0 Å². The molecule has 2 aromatic rings. The van der Waals surface area contributed by atoms with Crippen molar-refractivity contribution in [3.05, 3.63) is 70.0 Å². The number of nitrogens with zero attached hydrogens (tertiary/aromatic N) is 1. The fourth-order valence-electron chi connectivity index (χ4n) is 1.89. The normalized spacial score (nSPS) is 11.7. The molecule has 0 heterocycles. The number of ketones is 1. The highest BCUT2D eigenvalue weighted by Gasteiger charge is 2.16. The van der Waals surface area contributed by atoms with Crippen LogP contribution >= 0.6 is 0 Å². The first kappa shape index (κ1) is 14.6. The van der Waals surface area contributed by atoms with Crippen molar-refractivity contribution in [2.75, 3.05) is 5.32 Å². The van der Waals surface area contributed by atoms with Gasteiger partial charge in [0.05, 0.1) is 11.0 Å². The van der Waals surface area contributed by atoms with Crippen molar-refractivity contribution in [1.82, 2.24) is 0 Å². The second kappa shape index (κ2) is 6.13. The van der Waals surface area contributed by atoms with Crippen LogP contribution in [0.1, 0.15) is 17.3 Å². The van der Waals surface area contributed by atoms with E-state index in [1.165, 1.54) is 42.5 Å². The van der Waals surface area contributed by atoms with Crippen molar-refractivity contribution in [2.45, 2.75) is 13.0 Å². The van der Waals surface area contributed by atoms with Gasteiger partial charge in [-0.05, 0) is 31.2 Å². The van der Waals surface area contributed by atoms with Gasteiger partial charge in [0.25, 0.3) is 5.69 Å². The van der Waals surface area contributed by atoms with E-state index in [0.717, 1.165) is 0 Å². The highest BCUT2D eigenvalue weighted by molar-refractivity contribution is 6.01. The van der Waals surface area contributed by atoms with E-state index in [0.29, 0.717) is 5.69 Å².